The van der Waals surface area contributed by atoms with Crippen molar-refractivity contribution < 1.29 is 22.7 Å². The monoisotopic (exact) mass is 403 g/mol. The van der Waals surface area contributed by atoms with Crippen LogP contribution in [0.5, 0.6) is 0 Å². The van der Waals surface area contributed by atoms with Gasteiger partial charge in [-0.05, 0) is 36.8 Å². The molecule has 0 radical (unpaired) electrons. The third-order valence-electron chi connectivity index (χ3n) is 3.82. The highest BCUT2D eigenvalue weighted by Gasteiger charge is 2.28. The Kier molecular flexibility index (Phi) is 6.89. The molecule has 2 rings (SSSR count). The minimum atomic E-state index is -3.68. The zero-order chi connectivity index (χ0) is 20.7. The van der Waals surface area contributed by atoms with Crippen molar-refractivity contribution in [3.8, 4) is 0 Å². The Hall–Kier alpha value is -3.20. The van der Waals surface area contributed by atoms with E-state index in [0.717, 1.165) is 10.6 Å². The zero-order valence-corrected chi connectivity index (χ0v) is 16.5. The first kappa shape index (κ1) is 21.1. The number of anilines is 1. The second-order valence-corrected chi connectivity index (χ2v) is 7.78. The van der Waals surface area contributed by atoms with Crippen molar-refractivity contribution in [2.45, 2.75) is 13.0 Å². The molecule has 0 aliphatic rings. The number of hydrazone groups is 1. The van der Waals surface area contributed by atoms with Gasteiger partial charge >= 0.3 is 5.97 Å². The number of carbonyl (C=O) groups is 2. The van der Waals surface area contributed by atoms with Gasteiger partial charge in [0.25, 0.3) is 5.91 Å². The highest BCUT2D eigenvalue weighted by Crippen LogP contribution is 2.20. The summed E-state index contributed by atoms with van der Waals surface area (Å²) in [7, 11) is -2.38. The summed E-state index contributed by atoms with van der Waals surface area (Å²) in [5.74, 6) is -1.04. The molecule has 0 saturated heterocycles. The van der Waals surface area contributed by atoms with Gasteiger partial charge < -0.3 is 4.74 Å². The van der Waals surface area contributed by atoms with Gasteiger partial charge in [-0.15, -0.1) is 0 Å². The number of sulfonamides is 1. The predicted molar refractivity (Wildman–Crippen MR) is 107 cm³/mol. The van der Waals surface area contributed by atoms with Crippen molar-refractivity contribution in [2.24, 2.45) is 5.10 Å². The topological polar surface area (TPSA) is 105 Å². The smallest absolute Gasteiger partial charge is 0.337 e. The van der Waals surface area contributed by atoms with Gasteiger partial charge in [-0.3, -0.25) is 9.10 Å². The van der Waals surface area contributed by atoms with Crippen LogP contribution in [-0.4, -0.2) is 45.9 Å². The van der Waals surface area contributed by atoms with E-state index in [0.29, 0.717) is 16.8 Å². The van der Waals surface area contributed by atoms with E-state index in [1.54, 1.807) is 54.6 Å². The molecule has 1 amide bonds. The first-order valence-electron chi connectivity index (χ1n) is 8.30. The third kappa shape index (κ3) is 5.40. The van der Waals surface area contributed by atoms with E-state index in [4.69, 9.17) is 0 Å². The summed E-state index contributed by atoms with van der Waals surface area (Å²) >= 11 is 0. The maximum Gasteiger partial charge on any atom is 0.337 e. The highest BCUT2D eigenvalue weighted by atomic mass is 32.2. The quantitative estimate of drug-likeness (QED) is 0.431. The standard InChI is InChI=1S/C19H21N3O5S/c1-14(22(28(3,25)26)17-7-5-4-6-8-17)18(23)21-20-13-15-9-11-16(12-10-15)19(24)27-2/h4-14H,1-3H3,(H,21,23)/b20-13-/t14-/m1/s1. The zero-order valence-electron chi connectivity index (χ0n) is 15.7. The fourth-order valence-electron chi connectivity index (χ4n) is 2.47. The van der Waals surface area contributed by atoms with Crippen LogP contribution in [0.25, 0.3) is 0 Å². The van der Waals surface area contributed by atoms with Gasteiger partial charge in [-0.2, -0.15) is 5.10 Å². The van der Waals surface area contributed by atoms with Crippen molar-refractivity contribution in [1.29, 1.82) is 0 Å². The number of hydrogen-bond donors (Lipinski definition) is 1. The number of nitrogens with one attached hydrogen (secondary N) is 1. The van der Waals surface area contributed by atoms with Crippen LogP contribution in [0.1, 0.15) is 22.8 Å². The van der Waals surface area contributed by atoms with Crippen molar-refractivity contribution in [3.63, 3.8) is 0 Å². The summed E-state index contributed by atoms with van der Waals surface area (Å²) < 4.78 is 30.0. The average Bonchev–Trinajstić information content (AvgIpc) is 2.67. The van der Waals surface area contributed by atoms with Crippen LogP contribution in [0.4, 0.5) is 5.69 Å². The number of para-hydroxylation sites is 1. The molecule has 0 spiro atoms. The van der Waals surface area contributed by atoms with E-state index < -0.39 is 27.9 Å². The molecule has 9 heteroatoms. The minimum Gasteiger partial charge on any atom is -0.465 e. The van der Waals surface area contributed by atoms with Gasteiger partial charge in [0.15, 0.2) is 0 Å². The van der Waals surface area contributed by atoms with E-state index in [1.807, 2.05) is 0 Å². The first-order valence-corrected chi connectivity index (χ1v) is 10.1. The molecular weight excluding hydrogens is 382 g/mol. The average molecular weight is 403 g/mol. The van der Waals surface area contributed by atoms with Crippen LogP contribution < -0.4 is 9.73 Å². The normalized spacial score (nSPS) is 12.4. The molecule has 1 N–H and O–H groups in total. The van der Waals surface area contributed by atoms with E-state index in [9.17, 15) is 18.0 Å². The molecule has 2 aromatic rings. The number of hydrogen-bond acceptors (Lipinski definition) is 6. The molecule has 1 atom stereocenters. The SMILES string of the molecule is COC(=O)c1ccc(/C=N\NC(=O)[C@@H](C)N(c2ccccc2)S(C)(=O)=O)cc1. The molecule has 148 valence electrons. The number of nitrogens with zero attached hydrogens (tertiary/aromatic N) is 2. The van der Waals surface area contributed by atoms with Crippen LogP contribution in [0.3, 0.4) is 0 Å². The first-order chi connectivity index (χ1) is 13.2. The Labute approximate surface area is 163 Å². The largest absolute Gasteiger partial charge is 0.465 e. The summed E-state index contributed by atoms with van der Waals surface area (Å²) in [4.78, 5) is 23.8. The molecule has 0 heterocycles. The van der Waals surface area contributed by atoms with Gasteiger partial charge in [0.05, 0.1) is 30.8 Å². The number of benzene rings is 2. The molecule has 8 nitrogen and oxygen atoms in total. The molecule has 0 bridgehead atoms. The summed E-state index contributed by atoms with van der Waals surface area (Å²) in [5, 5.41) is 3.85. The fourth-order valence-corrected chi connectivity index (χ4v) is 3.65. The van der Waals surface area contributed by atoms with E-state index in [2.05, 4.69) is 15.3 Å². The lowest BCUT2D eigenvalue weighted by Gasteiger charge is -2.27. The van der Waals surface area contributed by atoms with E-state index >= 15 is 0 Å². The van der Waals surface area contributed by atoms with Gasteiger partial charge in [-0.1, -0.05) is 30.3 Å². The number of esters is 1. The third-order valence-corrected chi connectivity index (χ3v) is 5.06. The molecule has 28 heavy (non-hydrogen) atoms. The Morgan fingerprint density at radius 2 is 1.71 bits per heavy atom. The highest BCUT2D eigenvalue weighted by molar-refractivity contribution is 7.92. The molecule has 0 fully saturated rings. The fraction of sp³-hybridized carbons (Fsp3) is 0.211. The van der Waals surface area contributed by atoms with Crippen LogP contribution in [-0.2, 0) is 19.6 Å². The molecular formula is C19H21N3O5S. The number of ether oxygens (including phenoxy) is 1. The van der Waals surface area contributed by atoms with E-state index in [-0.39, 0.29) is 0 Å². The van der Waals surface area contributed by atoms with Crippen molar-refractivity contribution >= 4 is 33.8 Å². The summed E-state index contributed by atoms with van der Waals surface area (Å²) in [6, 6.07) is 13.8. The van der Waals surface area contributed by atoms with Crippen LogP contribution >= 0.6 is 0 Å². The molecule has 0 aliphatic carbocycles. The molecule has 0 saturated carbocycles. The Balaban J connectivity index is 2.08. The Morgan fingerprint density at radius 3 is 2.25 bits per heavy atom. The van der Waals surface area contributed by atoms with Crippen molar-refractivity contribution in [1.82, 2.24) is 5.43 Å². The minimum absolute atomic E-state index is 0.384. The lowest BCUT2D eigenvalue weighted by atomic mass is 10.1. The molecule has 0 unspecified atom stereocenters. The second-order valence-electron chi connectivity index (χ2n) is 5.92. The maximum atomic E-state index is 12.4. The van der Waals surface area contributed by atoms with Crippen molar-refractivity contribution in [3.05, 3.63) is 65.7 Å². The lowest BCUT2D eigenvalue weighted by Crippen LogP contribution is -2.46. The molecule has 2 aromatic carbocycles. The second kappa shape index (κ2) is 9.14. The number of rotatable bonds is 7. The lowest BCUT2D eigenvalue weighted by molar-refractivity contribution is -0.121. The van der Waals surface area contributed by atoms with E-state index in [1.165, 1.54) is 20.2 Å². The number of amides is 1. The summed E-state index contributed by atoms with van der Waals surface area (Å²) in [6.45, 7) is 1.48. The van der Waals surface area contributed by atoms with Gasteiger partial charge in [0.2, 0.25) is 10.0 Å². The molecule has 0 aromatic heterocycles. The van der Waals surface area contributed by atoms with Gasteiger partial charge in [0, 0.05) is 0 Å². The van der Waals surface area contributed by atoms with Crippen molar-refractivity contribution in [2.75, 3.05) is 17.7 Å². The summed E-state index contributed by atoms with van der Waals surface area (Å²) in [6.07, 6.45) is 2.43. The summed E-state index contributed by atoms with van der Waals surface area (Å²) in [5.41, 5.74) is 3.75. The van der Waals surface area contributed by atoms with Crippen LogP contribution in [0.15, 0.2) is 59.7 Å². The van der Waals surface area contributed by atoms with Gasteiger partial charge in [-0.25, -0.2) is 18.6 Å². The van der Waals surface area contributed by atoms with Gasteiger partial charge in [0.1, 0.15) is 6.04 Å². The Morgan fingerprint density at radius 1 is 1.11 bits per heavy atom. The maximum absolute atomic E-state index is 12.4. The number of carbonyl (C=O) groups excluding carboxylic acids is 2. The number of methoxy groups -OCH3 is 1. The molecule has 0 aliphatic heterocycles. The Bertz CT molecular complexity index is 957. The van der Waals surface area contributed by atoms with Crippen LogP contribution in [0, 0.1) is 0 Å². The predicted octanol–water partition coefficient (Wildman–Crippen LogP) is 1.78. The van der Waals surface area contributed by atoms with Crippen LogP contribution in [0.2, 0.25) is 0 Å².